The van der Waals surface area contributed by atoms with E-state index in [0.29, 0.717) is 12.8 Å². The number of methoxy groups -OCH3 is 1. The van der Waals surface area contributed by atoms with Crippen LogP contribution in [-0.2, 0) is 19.6 Å². The van der Waals surface area contributed by atoms with E-state index >= 15 is 0 Å². The third-order valence-corrected chi connectivity index (χ3v) is 5.86. The summed E-state index contributed by atoms with van der Waals surface area (Å²) in [5.41, 5.74) is 5.30. The van der Waals surface area contributed by atoms with Crippen molar-refractivity contribution in [3.05, 3.63) is 28.8 Å². The summed E-state index contributed by atoms with van der Waals surface area (Å²) < 4.78 is 31.0. The normalized spacial score (nSPS) is 19.1. The molecule has 120 valence electrons. The van der Waals surface area contributed by atoms with E-state index in [0.717, 1.165) is 10.4 Å². The van der Waals surface area contributed by atoms with Crippen molar-refractivity contribution in [2.24, 2.45) is 5.73 Å². The fraction of sp³-hybridized carbons (Fsp3) is 0.385. The lowest BCUT2D eigenvalue weighted by atomic mass is 10.2. The SMILES string of the molecule is COC(=O)c1ccc(Cl)c(S(=O)(=O)N2CCC[C@@H]2C(N)=O)c1. The fourth-order valence-corrected chi connectivity index (χ4v) is 4.55. The lowest BCUT2D eigenvalue weighted by molar-refractivity contribution is -0.121. The minimum atomic E-state index is -4.04. The molecule has 7 nitrogen and oxygen atoms in total. The van der Waals surface area contributed by atoms with Crippen LogP contribution in [0.4, 0.5) is 0 Å². The summed E-state index contributed by atoms with van der Waals surface area (Å²) in [6.07, 6.45) is 0.893. The molecule has 0 aliphatic carbocycles. The van der Waals surface area contributed by atoms with Crippen molar-refractivity contribution in [3.63, 3.8) is 0 Å². The molecule has 1 aliphatic heterocycles. The molecule has 0 saturated carbocycles. The average Bonchev–Trinajstić information content (AvgIpc) is 2.97. The molecule has 0 bridgehead atoms. The number of hydrogen-bond donors (Lipinski definition) is 1. The Morgan fingerprint density at radius 2 is 2.09 bits per heavy atom. The highest BCUT2D eigenvalue weighted by Gasteiger charge is 2.39. The highest BCUT2D eigenvalue weighted by molar-refractivity contribution is 7.89. The molecule has 2 N–H and O–H groups in total. The molecule has 0 radical (unpaired) electrons. The van der Waals surface area contributed by atoms with E-state index in [1.807, 2.05) is 0 Å². The molecule has 1 aromatic carbocycles. The van der Waals surface area contributed by atoms with Gasteiger partial charge in [-0.1, -0.05) is 11.6 Å². The second-order valence-corrected chi connectivity index (χ2v) is 7.08. The van der Waals surface area contributed by atoms with Crippen molar-refractivity contribution in [1.29, 1.82) is 0 Å². The van der Waals surface area contributed by atoms with Crippen LogP contribution in [0.25, 0.3) is 0 Å². The third-order valence-electron chi connectivity index (χ3n) is 3.47. The number of carbonyl (C=O) groups is 2. The number of primary amides is 1. The maximum atomic E-state index is 12.7. The maximum absolute atomic E-state index is 12.7. The van der Waals surface area contributed by atoms with Gasteiger partial charge >= 0.3 is 5.97 Å². The molecule has 0 spiro atoms. The first-order valence-corrected chi connectivity index (χ1v) is 8.30. The van der Waals surface area contributed by atoms with Crippen molar-refractivity contribution in [2.45, 2.75) is 23.8 Å². The standard InChI is InChI=1S/C13H15ClN2O5S/c1-21-13(18)8-4-5-9(14)11(7-8)22(19,20)16-6-2-3-10(16)12(15)17/h4-5,7,10H,2-3,6H2,1H3,(H2,15,17)/t10-/m1/s1. The Bertz CT molecular complexity index is 719. The molecule has 1 atom stereocenters. The first-order valence-electron chi connectivity index (χ1n) is 6.48. The van der Waals surface area contributed by atoms with Crippen LogP contribution >= 0.6 is 11.6 Å². The number of rotatable bonds is 4. The van der Waals surface area contributed by atoms with Crippen LogP contribution in [0.15, 0.2) is 23.1 Å². The number of halogens is 1. The van der Waals surface area contributed by atoms with E-state index in [1.165, 1.54) is 19.2 Å². The van der Waals surface area contributed by atoms with Gasteiger partial charge in [-0.05, 0) is 31.0 Å². The molecule has 9 heteroatoms. The van der Waals surface area contributed by atoms with Crippen molar-refractivity contribution >= 4 is 33.5 Å². The molecule has 2 rings (SSSR count). The zero-order valence-electron chi connectivity index (χ0n) is 11.8. The summed E-state index contributed by atoms with van der Waals surface area (Å²) in [6, 6.07) is 2.90. The van der Waals surface area contributed by atoms with Crippen LogP contribution < -0.4 is 5.73 Å². The predicted octanol–water partition coefficient (Wildman–Crippen LogP) is 0.765. The van der Waals surface area contributed by atoms with E-state index in [1.54, 1.807) is 0 Å². The van der Waals surface area contributed by atoms with Gasteiger partial charge in [-0.3, -0.25) is 4.79 Å². The third kappa shape index (κ3) is 2.94. The van der Waals surface area contributed by atoms with Crippen LogP contribution in [0.2, 0.25) is 5.02 Å². The average molecular weight is 347 g/mol. The first-order chi connectivity index (χ1) is 10.3. The summed E-state index contributed by atoms with van der Waals surface area (Å²) in [6.45, 7) is 0.175. The Morgan fingerprint density at radius 1 is 1.41 bits per heavy atom. The zero-order valence-corrected chi connectivity index (χ0v) is 13.4. The summed E-state index contributed by atoms with van der Waals surface area (Å²) in [5.74, 6) is -1.39. The zero-order chi connectivity index (χ0) is 16.5. The lowest BCUT2D eigenvalue weighted by Gasteiger charge is -2.22. The van der Waals surface area contributed by atoms with E-state index in [9.17, 15) is 18.0 Å². The van der Waals surface area contributed by atoms with Crippen molar-refractivity contribution in [3.8, 4) is 0 Å². The van der Waals surface area contributed by atoms with Crippen molar-refractivity contribution in [2.75, 3.05) is 13.7 Å². The van der Waals surface area contributed by atoms with Crippen LogP contribution in [-0.4, -0.2) is 44.3 Å². The van der Waals surface area contributed by atoms with Gasteiger partial charge in [0.1, 0.15) is 10.9 Å². The van der Waals surface area contributed by atoms with Gasteiger partial charge in [0, 0.05) is 6.54 Å². The lowest BCUT2D eigenvalue weighted by Crippen LogP contribution is -2.43. The second-order valence-electron chi connectivity index (χ2n) is 4.81. The molecule has 0 aromatic heterocycles. The van der Waals surface area contributed by atoms with Crippen molar-refractivity contribution < 1.29 is 22.7 Å². The highest BCUT2D eigenvalue weighted by atomic mass is 35.5. The van der Waals surface area contributed by atoms with Gasteiger partial charge in [0.2, 0.25) is 15.9 Å². The predicted molar refractivity (Wildman–Crippen MR) is 78.9 cm³/mol. The Labute approximate surface area is 133 Å². The number of nitrogens with two attached hydrogens (primary N) is 1. The molecule has 1 aromatic rings. The topological polar surface area (TPSA) is 107 Å². The van der Waals surface area contributed by atoms with Gasteiger partial charge in [-0.15, -0.1) is 0 Å². The van der Waals surface area contributed by atoms with Gasteiger partial charge < -0.3 is 10.5 Å². The Balaban J connectivity index is 2.49. The first kappa shape index (κ1) is 16.7. The number of ether oxygens (including phenoxy) is 1. The summed E-state index contributed by atoms with van der Waals surface area (Å²) in [4.78, 5) is 22.7. The van der Waals surface area contributed by atoms with Crippen LogP contribution in [0.3, 0.4) is 0 Å². The number of esters is 1. The number of sulfonamides is 1. The van der Waals surface area contributed by atoms with Gasteiger partial charge in [-0.2, -0.15) is 4.31 Å². The minimum absolute atomic E-state index is 0.0391. The van der Waals surface area contributed by atoms with Gasteiger partial charge in [0.25, 0.3) is 0 Å². The highest BCUT2D eigenvalue weighted by Crippen LogP contribution is 2.31. The fourth-order valence-electron chi connectivity index (χ4n) is 2.38. The van der Waals surface area contributed by atoms with Crippen LogP contribution in [0.5, 0.6) is 0 Å². The number of amides is 1. The number of nitrogens with zero attached hydrogens (tertiary/aromatic N) is 1. The Hall–Kier alpha value is -1.64. The maximum Gasteiger partial charge on any atom is 0.337 e. The molecular formula is C13H15ClN2O5S. The molecule has 0 unspecified atom stereocenters. The number of carbonyl (C=O) groups excluding carboxylic acids is 2. The summed E-state index contributed by atoms with van der Waals surface area (Å²) >= 11 is 5.96. The monoisotopic (exact) mass is 346 g/mol. The largest absolute Gasteiger partial charge is 0.465 e. The molecule has 1 aliphatic rings. The second kappa shape index (κ2) is 6.23. The summed E-state index contributed by atoms with van der Waals surface area (Å²) in [7, 11) is -2.85. The molecule has 1 heterocycles. The van der Waals surface area contributed by atoms with Crippen LogP contribution in [0, 0.1) is 0 Å². The van der Waals surface area contributed by atoms with Gasteiger partial charge in [0.15, 0.2) is 0 Å². The van der Waals surface area contributed by atoms with Crippen LogP contribution in [0.1, 0.15) is 23.2 Å². The molecule has 22 heavy (non-hydrogen) atoms. The minimum Gasteiger partial charge on any atom is -0.465 e. The quantitative estimate of drug-likeness (QED) is 0.810. The van der Waals surface area contributed by atoms with E-state index in [4.69, 9.17) is 17.3 Å². The Morgan fingerprint density at radius 3 is 2.68 bits per heavy atom. The van der Waals surface area contributed by atoms with E-state index in [-0.39, 0.29) is 22.0 Å². The number of hydrogen-bond acceptors (Lipinski definition) is 5. The Kier molecular flexibility index (Phi) is 4.74. The van der Waals surface area contributed by atoms with Crippen molar-refractivity contribution in [1.82, 2.24) is 4.31 Å². The van der Waals surface area contributed by atoms with E-state index in [2.05, 4.69) is 4.74 Å². The van der Waals surface area contributed by atoms with Gasteiger partial charge in [0.05, 0.1) is 17.7 Å². The molecule has 1 saturated heterocycles. The molecule has 1 amide bonds. The molecular weight excluding hydrogens is 332 g/mol. The van der Waals surface area contributed by atoms with E-state index < -0.39 is 27.9 Å². The van der Waals surface area contributed by atoms with Gasteiger partial charge in [-0.25, -0.2) is 13.2 Å². The smallest absolute Gasteiger partial charge is 0.337 e. The molecule has 1 fully saturated rings. The number of benzene rings is 1. The summed E-state index contributed by atoms with van der Waals surface area (Å²) in [5, 5.41) is -0.0391.